The number of ether oxygens (including phenoxy) is 1. The summed E-state index contributed by atoms with van der Waals surface area (Å²) in [7, 11) is 0. The molecule has 0 spiro atoms. The maximum atomic E-state index is 6.29. The molecule has 2 aliphatic heterocycles. The highest BCUT2D eigenvalue weighted by atomic mass is 32.2. The zero-order valence-corrected chi connectivity index (χ0v) is 21.4. The molecule has 3 nitrogen and oxygen atoms in total. The molecule has 2 heterocycles. The number of thioether (sulfide) groups is 1. The Bertz CT molecular complexity index is 1240. The number of rotatable bonds is 7. The van der Waals surface area contributed by atoms with Gasteiger partial charge in [-0.1, -0.05) is 109 Å². The molecule has 0 bridgehead atoms. The van der Waals surface area contributed by atoms with Gasteiger partial charge in [0.2, 0.25) is 5.90 Å². The molecule has 36 heavy (non-hydrogen) atoms. The lowest BCUT2D eigenvalue weighted by Crippen LogP contribution is -2.40. The van der Waals surface area contributed by atoms with Crippen LogP contribution in [0.5, 0.6) is 0 Å². The molecule has 1 unspecified atom stereocenters. The average molecular weight is 491 g/mol. The minimum absolute atomic E-state index is 0.0533. The van der Waals surface area contributed by atoms with Crippen LogP contribution in [-0.2, 0) is 10.3 Å². The third-order valence-electron chi connectivity index (χ3n) is 6.96. The number of benzene rings is 4. The Morgan fingerprint density at radius 2 is 1.17 bits per heavy atom. The molecule has 180 valence electrons. The van der Waals surface area contributed by atoms with Crippen molar-refractivity contribution in [3.8, 4) is 0 Å². The van der Waals surface area contributed by atoms with Gasteiger partial charge in [-0.3, -0.25) is 4.90 Å². The molecule has 0 amide bonds. The van der Waals surface area contributed by atoms with E-state index in [4.69, 9.17) is 9.73 Å². The van der Waals surface area contributed by atoms with Gasteiger partial charge in [0.1, 0.15) is 12.6 Å². The van der Waals surface area contributed by atoms with Gasteiger partial charge in [-0.15, -0.1) is 11.8 Å². The van der Waals surface area contributed by atoms with Gasteiger partial charge >= 0.3 is 0 Å². The Labute approximate surface area is 217 Å². The summed E-state index contributed by atoms with van der Waals surface area (Å²) in [4.78, 5) is 8.91. The van der Waals surface area contributed by atoms with Gasteiger partial charge in [0.05, 0.1) is 16.5 Å². The van der Waals surface area contributed by atoms with E-state index >= 15 is 0 Å². The molecule has 4 heteroatoms. The van der Waals surface area contributed by atoms with Crippen molar-refractivity contribution in [2.45, 2.75) is 41.2 Å². The molecule has 4 aromatic rings. The van der Waals surface area contributed by atoms with Crippen LogP contribution in [0.4, 0.5) is 0 Å². The molecule has 6 rings (SSSR count). The van der Waals surface area contributed by atoms with Crippen molar-refractivity contribution in [2.75, 3.05) is 6.61 Å². The summed E-state index contributed by atoms with van der Waals surface area (Å²) in [5.74, 6) is 0.848. The van der Waals surface area contributed by atoms with E-state index in [9.17, 15) is 0 Å². The molecule has 0 saturated carbocycles. The highest BCUT2D eigenvalue weighted by molar-refractivity contribution is 8.00. The number of hydrogen-bond acceptors (Lipinski definition) is 4. The van der Waals surface area contributed by atoms with Crippen molar-refractivity contribution in [2.24, 2.45) is 4.99 Å². The van der Waals surface area contributed by atoms with Gasteiger partial charge in [0.15, 0.2) is 0 Å². The Kier molecular flexibility index (Phi) is 5.94. The minimum atomic E-state index is -0.500. The van der Waals surface area contributed by atoms with E-state index in [1.165, 1.54) is 21.6 Å². The van der Waals surface area contributed by atoms with E-state index in [1.54, 1.807) is 0 Å². The number of nitrogens with zero attached hydrogens (tertiary/aromatic N) is 2. The van der Waals surface area contributed by atoms with Crippen molar-refractivity contribution in [1.82, 2.24) is 4.90 Å². The van der Waals surface area contributed by atoms with Gasteiger partial charge in [-0.2, -0.15) is 0 Å². The predicted octanol–water partition coefficient (Wildman–Crippen LogP) is 6.99. The summed E-state index contributed by atoms with van der Waals surface area (Å²) in [5, 5.41) is 0.167. The predicted molar refractivity (Wildman–Crippen MR) is 148 cm³/mol. The fourth-order valence-electron chi connectivity index (χ4n) is 5.36. The summed E-state index contributed by atoms with van der Waals surface area (Å²) in [6.07, 6.45) is 0. The number of hydrogen-bond donors (Lipinski definition) is 0. The average Bonchev–Trinajstić information content (AvgIpc) is 3.50. The van der Waals surface area contributed by atoms with Gasteiger partial charge in [0, 0.05) is 4.90 Å². The minimum Gasteiger partial charge on any atom is -0.477 e. The molecule has 0 radical (unpaired) electrons. The van der Waals surface area contributed by atoms with E-state index < -0.39 is 5.54 Å². The van der Waals surface area contributed by atoms with Crippen LogP contribution in [-0.4, -0.2) is 34.4 Å². The third-order valence-corrected chi connectivity index (χ3v) is 8.23. The van der Waals surface area contributed by atoms with E-state index in [0.29, 0.717) is 6.61 Å². The van der Waals surface area contributed by atoms with Crippen LogP contribution in [0.25, 0.3) is 0 Å². The Hall–Kier alpha value is -3.34. The summed E-state index contributed by atoms with van der Waals surface area (Å²) in [5.41, 5.74) is 3.00. The largest absolute Gasteiger partial charge is 0.477 e. The van der Waals surface area contributed by atoms with E-state index in [0.717, 1.165) is 5.90 Å². The van der Waals surface area contributed by atoms with Crippen molar-refractivity contribution < 1.29 is 4.74 Å². The summed E-state index contributed by atoms with van der Waals surface area (Å²) >= 11 is 1.89. The highest BCUT2D eigenvalue weighted by Crippen LogP contribution is 2.56. The van der Waals surface area contributed by atoms with E-state index in [1.807, 2.05) is 11.8 Å². The zero-order valence-electron chi connectivity index (χ0n) is 20.6. The monoisotopic (exact) mass is 490 g/mol. The Morgan fingerprint density at radius 1 is 0.722 bits per heavy atom. The van der Waals surface area contributed by atoms with Crippen LogP contribution in [0.2, 0.25) is 0 Å². The van der Waals surface area contributed by atoms with Gasteiger partial charge in [-0.25, -0.2) is 4.99 Å². The molecule has 1 fully saturated rings. The fraction of sp³-hybridized carbons (Fsp3) is 0.219. The third kappa shape index (κ3) is 4.04. The van der Waals surface area contributed by atoms with Gasteiger partial charge < -0.3 is 4.74 Å². The van der Waals surface area contributed by atoms with E-state index in [2.05, 4.69) is 140 Å². The lowest BCUT2D eigenvalue weighted by atomic mass is 9.76. The van der Waals surface area contributed by atoms with Crippen LogP contribution in [0.15, 0.2) is 131 Å². The van der Waals surface area contributed by atoms with Gasteiger partial charge in [0.25, 0.3) is 0 Å². The molecule has 0 aromatic heterocycles. The topological polar surface area (TPSA) is 24.6 Å². The lowest BCUT2D eigenvalue weighted by Gasteiger charge is -2.38. The standard InChI is InChI=1S/C32H30N2OS/c1-31(2)23-35-29(33-31)28-30(36-27-21-13-6-14-22-27)34(28)32(24-15-7-3-8-16-24,25-17-9-4-10-18-25)26-19-11-5-12-20-26/h3-22,28,30H,23H2,1-2H3/t28-,30+,34?/m1/s1. The van der Waals surface area contributed by atoms with Crippen LogP contribution >= 0.6 is 11.8 Å². The van der Waals surface area contributed by atoms with Crippen LogP contribution in [0.1, 0.15) is 30.5 Å². The highest BCUT2D eigenvalue weighted by Gasteiger charge is 2.64. The van der Waals surface area contributed by atoms with Gasteiger partial charge in [-0.05, 0) is 42.7 Å². The molecule has 0 aliphatic carbocycles. The number of aliphatic imine (C=N–C) groups is 1. The summed E-state index contributed by atoms with van der Waals surface area (Å²) in [6, 6.07) is 43.3. The van der Waals surface area contributed by atoms with E-state index in [-0.39, 0.29) is 17.0 Å². The maximum Gasteiger partial charge on any atom is 0.204 e. The molecule has 4 aromatic carbocycles. The van der Waals surface area contributed by atoms with Crippen molar-refractivity contribution in [3.05, 3.63) is 138 Å². The first kappa shape index (κ1) is 23.1. The first-order chi connectivity index (χ1) is 17.6. The Morgan fingerprint density at radius 3 is 1.58 bits per heavy atom. The molecular weight excluding hydrogens is 460 g/mol. The van der Waals surface area contributed by atoms with Crippen LogP contribution in [0, 0.1) is 0 Å². The quantitative estimate of drug-likeness (QED) is 0.206. The first-order valence-electron chi connectivity index (χ1n) is 12.5. The fourth-order valence-corrected chi connectivity index (χ4v) is 6.66. The normalized spacial score (nSPS) is 22.5. The molecule has 3 atom stereocenters. The second-order valence-electron chi connectivity index (χ2n) is 10.0. The first-order valence-corrected chi connectivity index (χ1v) is 13.4. The van der Waals surface area contributed by atoms with Crippen molar-refractivity contribution >= 4 is 17.7 Å². The Balaban J connectivity index is 1.58. The molecule has 1 saturated heterocycles. The molecule has 0 N–H and O–H groups in total. The van der Waals surface area contributed by atoms with Crippen LogP contribution in [0.3, 0.4) is 0 Å². The SMILES string of the molecule is CC1(C)COC([C@@H]2[C@H](Sc3ccccc3)N2C(c2ccccc2)(c2ccccc2)c2ccccc2)=N1. The molecular formula is C32H30N2OS. The molecule has 2 aliphatic rings. The smallest absolute Gasteiger partial charge is 0.204 e. The lowest BCUT2D eigenvalue weighted by molar-refractivity contribution is 0.263. The second kappa shape index (κ2) is 9.27. The van der Waals surface area contributed by atoms with Crippen molar-refractivity contribution in [3.63, 3.8) is 0 Å². The maximum absolute atomic E-state index is 6.29. The van der Waals surface area contributed by atoms with Crippen molar-refractivity contribution in [1.29, 1.82) is 0 Å². The zero-order chi connectivity index (χ0) is 24.6. The van der Waals surface area contributed by atoms with Crippen LogP contribution < -0.4 is 0 Å². The summed E-state index contributed by atoms with van der Waals surface area (Å²) in [6.45, 7) is 4.90. The summed E-state index contributed by atoms with van der Waals surface area (Å²) < 4.78 is 6.29. The second-order valence-corrected chi connectivity index (χ2v) is 11.2.